The van der Waals surface area contributed by atoms with E-state index in [9.17, 15) is 18.3 Å². The van der Waals surface area contributed by atoms with Gasteiger partial charge in [0.15, 0.2) is 0 Å². The molecule has 1 aromatic carbocycles. The number of halogens is 1. The number of rotatable bonds is 7. The third-order valence-corrected chi connectivity index (χ3v) is 6.83. The summed E-state index contributed by atoms with van der Waals surface area (Å²) in [6.45, 7) is 1.98. The van der Waals surface area contributed by atoms with E-state index in [0.717, 1.165) is 31.9 Å². The van der Waals surface area contributed by atoms with Gasteiger partial charge in [-0.2, -0.15) is 0 Å². The van der Waals surface area contributed by atoms with E-state index in [2.05, 4.69) is 0 Å². The number of hydrogen-bond acceptors (Lipinski definition) is 4. The smallest absolute Gasteiger partial charge is 0.232 e. The second-order valence-corrected chi connectivity index (χ2v) is 9.56. The Balaban J connectivity index is 2.01. The Morgan fingerprint density at radius 3 is 2.59 bits per heavy atom. The SMILES string of the molecule is Cc1c(Cl)cccc1N(CCCC(=O)N(C)[C@@H]1CCCC[C@H]1O)S(C)(=O)=O. The van der Waals surface area contributed by atoms with E-state index >= 15 is 0 Å². The molecule has 1 saturated carbocycles. The van der Waals surface area contributed by atoms with Crippen LogP contribution in [0.25, 0.3) is 0 Å². The molecule has 1 aliphatic rings. The number of anilines is 1. The summed E-state index contributed by atoms with van der Waals surface area (Å²) in [6.07, 6.45) is 4.82. The highest BCUT2D eigenvalue weighted by atomic mass is 35.5. The van der Waals surface area contributed by atoms with E-state index in [0.29, 0.717) is 22.7 Å². The summed E-state index contributed by atoms with van der Waals surface area (Å²) in [7, 11) is -1.78. The van der Waals surface area contributed by atoms with E-state index in [4.69, 9.17) is 11.6 Å². The second-order valence-electron chi connectivity index (χ2n) is 7.25. The van der Waals surface area contributed by atoms with E-state index in [1.54, 1.807) is 37.1 Å². The number of sulfonamides is 1. The van der Waals surface area contributed by atoms with E-state index < -0.39 is 16.1 Å². The molecular weight excluding hydrogens is 388 g/mol. The third-order valence-electron chi connectivity index (χ3n) is 5.24. The number of carbonyl (C=O) groups is 1. The zero-order chi connectivity index (χ0) is 20.2. The number of carbonyl (C=O) groups excluding carboxylic acids is 1. The number of likely N-dealkylation sites (N-methyl/N-ethyl adjacent to an activating group) is 1. The summed E-state index contributed by atoms with van der Waals surface area (Å²) in [6, 6.07) is 5.00. The minimum absolute atomic E-state index is 0.0720. The van der Waals surface area contributed by atoms with Crippen LogP contribution >= 0.6 is 11.6 Å². The number of aliphatic hydroxyl groups excluding tert-OH is 1. The van der Waals surface area contributed by atoms with Gasteiger partial charge in [0.2, 0.25) is 15.9 Å². The van der Waals surface area contributed by atoms with Crippen LogP contribution in [-0.2, 0) is 14.8 Å². The van der Waals surface area contributed by atoms with E-state index in [1.807, 2.05) is 0 Å². The monoisotopic (exact) mass is 416 g/mol. The highest BCUT2D eigenvalue weighted by molar-refractivity contribution is 7.92. The molecule has 1 fully saturated rings. The molecule has 0 heterocycles. The molecule has 1 N–H and O–H groups in total. The second kappa shape index (κ2) is 9.26. The van der Waals surface area contributed by atoms with Crippen LogP contribution in [0.3, 0.4) is 0 Å². The first-order valence-corrected chi connectivity index (χ1v) is 11.5. The van der Waals surface area contributed by atoms with Crippen molar-refractivity contribution in [3.63, 3.8) is 0 Å². The Labute approximate surface area is 167 Å². The van der Waals surface area contributed by atoms with Gasteiger partial charge in [0.05, 0.1) is 24.1 Å². The first kappa shape index (κ1) is 22.0. The van der Waals surface area contributed by atoms with Crippen molar-refractivity contribution < 1.29 is 18.3 Å². The Kier molecular flexibility index (Phi) is 7.54. The average molecular weight is 417 g/mol. The number of hydrogen-bond donors (Lipinski definition) is 1. The van der Waals surface area contributed by atoms with Gasteiger partial charge in [-0.1, -0.05) is 30.5 Å². The van der Waals surface area contributed by atoms with Crippen molar-refractivity contribution in [1.82, 2.24) is 4.90 Å². The van der Waals surface area contributed by atoms with Gasteiger partial charge in [0.1, 0.15) is 0 Å². The fraction of sp³-hybridized carbons (Fsp3) is 0.632. The van der Waals surface area contributed by atoms with Gasteiger partial charge in [0, 0.05) is 25.0 Å². The maximum atomic E-state index is 12.5. The molecule has 0 aliphatic heterocycles. The normalized spacial score (nSPS) is 20.3. The summed E-state index contributed by atoms with van der Waals surface area (Å²) in [5.74, 6) is -0.0720. The molecule has 1 amide bonds. The Bertz CT molecular complexity index is 769. The van der Waals surface area contributed by atoms with Crippen LogP contribution in [-0.4, -0.2) is 56.3 Å². The van der Waals surface area contributed by atoms with Crippen molar-refractivity contribution >= 4 is 33.2 Å². The van der Waals surface area contributed by atoms with Crippen LogP contribution in [0.2, 0.25) is 5.02 Å². The van der Waals surface area contributed by atoms with E-state index in [-0.39, 0.29) is 24.9 Å². The fourth-order valence-corrected chi connectivity index (χ4v) is 4.80. The van der Waals surface area contributed by atoms with Crippen LogP contribution in [0.5, 0.6) is 0 Å². The summed E-state index contributed by atoms with van der Waals surface area (Å²) >= 11 is 6.13. The maximum Gasteiger partial charge on any atom is 0.232 e. The van der Waals surface area contributed by atoms with Gasteiger partial charge < -0.3 is 10.0 Å². The lowest BCUT2D eigenvalue weighted by atomic mass is 9.91. The van der Waals surface area contributed by atoms with Gasteiger partial charge in [-0.25, -0.2) is 8.42 Å². The molecule has 27 heavy (non-hydrogen) atoms. The van der Waals surface area contributed by atoms with Crippen molar-refractivity contribution in [2.75, 3.05) is 24.2 Å². The van der Waals surface area contributed by atoms with Crippen LogP contribution in [0.4, 0.5) is 5.69 Å². The number of amides is 1. The van der Waals surface area contributed by atoms with Crippen molar-refractivity contribution in [2.24, 2.45) is 0 Å². The largest absolute Gasteiger partial charge is 0.391 e. The zero-order valence-electron chi connectivity index (χ0n) is 16.2. The number of benzene rings is 1. The fourth-order valence-electron chi connectivity index (χ4n) is 3.61. The Hall–Kier alpha value is -1.31. The zero-order valence-corrected chi connectivity index (χ0v) is 17.8. The summed E-state index contributed by atoms with van der Waals surface area (Å²) < 4.78 is 25.8. The highest BCUT2D eigenvalue weighted by Gasteiger charge is 2.29. The molecule has 6 nitrogen and oxygen atoms in total. The lowest BCUT2D eigenvalue weighted by Crippen LogP contribution is -2.46. The summed E-state index contributed by atoms with van der Waals surface area (Å²) in [5.41, 5.74) is 1.23. The predicted molar refractivity (Wildman–Crippen MR) is 109 cm³/mol. The predicted octanol–water partition coefficient (Wildman–Crippen LogP) is 2.96. The molecule has 0 saturated heterocycles. The van der Waals surface area contributed by atoms with Gasteiger partial charge in [-0.15, -0.1) is 0 Å². The van der Waals surface area contributed by atoms with Gasteiger partial charge >= 0.3 is 0 Å². The lowest BCUT2D eigenvalue weighted by Gasteiger charge is -2.35. The topological polar surface area (TPSA) is 77.9 Å². The molecule has 152 valence electrons. The van der Waals surface area contributed by atoms with Crippen LogP contribution in [0.15, 0.2) is 18.2 Å². The van der Waals surface area contributed by atoms with Crippen LogP contribution in [0.1, 0.15) is 44.1 Å². The number of nitrogens with zero attached hydrogens (tertiary/aromatic N) is 2. The molecule has 2 rings (SSSR count). The third kappa shape index (κ3) is 5.59. The molecule has 8 heteroatoms. The molecule has 0 spiro atoms. The van der Waals surface area contributed by atoms with Crippen molar-refractivity contribution in [2.45, 2.75) is 57.6 Å². The van der Waals surface area contributed by atoms with Gasteiger partial charge in [0.25, 0.3) is 0 Å². The minimum Gasteiger partial charge on any atom is -0.391 e. The van der Waals surface area contributed by atoms with Gasteiger partial charge in [-0.3, -0.25) is 9.10 Å². The first-order valence-electron chi connectivity index (χ1n) is 9.29. The van der Waals surface area contributed by atoms with Crippen LogP contribution in [0, 0.1) is 6.92 Å². The maximum absolute atomic E-state index is 12.5. The number of aliphatic hydroxyl groups is 1. The molecule has 0 radical (unpaired) electrons. The molecule has 0 unspecified atom stereocenters. The summed E-state index contributed by atoms with van der Waals surface area (Å²) in [4.78, 5) is 14.1. The van der Waals surface area contributed by atoms with Crippen molar-refractivity contribution in [3.05, 3.63) is 28.8 Å². The standard InChI is InChI=1S/C19H29ClN2O4S/c1-14-15(20)8-6-10-16(14)22(27(3,25)26)13-7-12-19(24)21(2)17-9-4-5-11-18(17)23/h6,8,10,17-18,23H,4-5,7,9,11-13H2,1-3H3/t17-,18-/m1/s1. The molecule has 1 aromatic rings. The van der Waals surface area contributed by atoms with E-state index in [1.165, 1.54) is 4.31 Å². The first-order chi connectivity index (χ1) is 12.6. The lowest BCUT2D eigenvalue weighted by molar-refractivity contribution is -0.135. The van der Waals surface area contributed by atoms with Gasteiger partial charge in [-0.05, 0) is 43.9 Å². The van der Waals surface area contributed by atoms with Crippen molar-refractivity contribution in [3.8, 4) is 0 Å². The molecule has 2 atom stereocenters. The van der Waals surface area contributed by atoms with Crippen molar-refractivity contribution in [1.29, 1.82) is 0 Å². The quantitative estimate of drug-likeness (QED) is 0.741. The average Bonchev–Trinajstić information content (AvgIpc) is 2.60. The molecule has 0 aromatic heterocycles. The molecule has 1 aliphatic carbocycles. The minimum atomic E-state index is -3.49. The Morgan fingerprint density at radius 1 is 1.30 bits per heavy atom. The van der Waals surface area contributed by atoms with Crippen LogP contribution < -0.4 is 4.31 Å². The molecule has 0 bridgehead atoms. The molecular formula is C19H29ClN2O4S. The summed E-state index contributed by atoms with van der Waals surface area (Å²) in [5, 5.41) is 10.6. The Morgan fingerprint density at radius 2 is 1.96 bits per heavy atom. The highest BCUT2D eigenvalue weighted by Crippen LogP contribution is 2.28.